The molecule has 0 saturated carbocycles. The van der Waals surface area contributed by atoms with Gasteiger partial charge in [-0.3, -0.25) is 4.79 Å². The molecule has 0 radical (unpaired) electrons. The van der Waals surface area contributed by atoms with E-state index in [0.717, 1.165) is 6.42 Å². The third-order valence-electron chi connectivity index (χ3n) is 2.62. The lowest BCUT2D eigenvalue weighted by molar-refractivity contribution is -0.136. The minimum Gasteiger partial charge on any atom is -0.481 e. The Morgan fingerprint density at radius 1 is 1.45 bits per heavy atom. The molecule has 1 rings (SSSR count). The maximum Gasteiger partial charge on any atom is 0.320 e. The summed E-state index contributed by atoms with van der Waals surface area (Å²) in [6.45, 7) is 1.99. The normalized spacial score (nSPS) is 11.2. The number of nitrogens with one attached hydrogen (secondary N) is 2. The molecule has 0 heterocycles. The van der Waals surface area contributed by atoms with Crippen LogP contribution in [0.4, 0.5) is 10.5 Å². The summed E-state index contributed by atoms with van der Waals surface area (Å²) in [6.07, 6.45) is 6.83. The van der Waals surface area contributed by atoms with Crippen molar-refractivity contribution >= 4 is 17.7 Å². The Labute approximate surface area is 118 Å². The molecule has 3 N–H and O–H groups in total. The van der Waals surface area contributed by atoms with Gasteiger partial charge in [0.15, 0.2) is 0 Å². The number of aliphatic carboxylic acids is 1. The van der Waals surface area contributed by atoms with Crippen LogP contribution in [0.1, 0.15) is 25.3 Å². The lowest BCUT2D eigenvalue weighted by Gasteiger charge is -2.13. The minimum absolute atomic E-state index is 0.0834. The third-order valence-corrected chi connectivity index (χ3v) is 2.62. The van der Waals surface area contributed by atoms with E-state index >= 15 is 0 Å². The Morgan fingerprint density at radius 2 is 2.20 bits per heavy atom. The van der Waals surface area contributed by atoms with Gasteiger partial charge in [-0.1, -0.05) is 31.4 Å². The molecule has 1 atom stereocenters. The van der Waals surface area contributed by atoms with Gasteiger partial charge < -0.3 is 15.7 Å². The molecular weight excluding hydrogens is 256 g/mol. The van der Waals surface area contributed by atoms with Gasteiger partial charge in [-0.05, 0) is 24.1 Å². The van der Waals surface area contributed by atoms with Crippen LogP contribution in [0.25, 0.3) is 0 Å². The van der Waals surface area contributed by atoms with Crippen molar-refractivity contribution < 1.29 is 14.7 Å². The average Bonchev–Trinajstić information content (AvgIpc) is 2.37. The molecule has 20 heavy (non-hydrogen) atoms. The predicted octanol–water partition coefficient (Wildman–Crippen LogP) is 2.24. The van der Waals surface area contributed by atoms with Crippen molar-refractivity contribution in [3.05, 3.63) is 29.8 Å². The molecule has 0 aliphatic heterocycles. The Bertz CT molecular complexity index is 520. The second-order valence-electron chi connectivity index (χ2n) is 4.38. The van der Waals surface area contributed by atoms with Crippen molar-refractivity contribution in [3.63, 3.8) is 0 Å². The smallest absolute Gasteiger partial charge is 0.320 e. The summed E-state index contributed by atoms with van der Waals surface area (Å²) in [6, 6.07) is 6.00. The second-order valence-corrected chi connectivity index (χ2v) is 4.38. The molecule has 1 aromatic rings. The molecule has 1 unspecified atom stereocenters. The lowest BCUT2D eigenvalue weighted by Crippen LogP contribution is -2.36. The van der Waals surface area contributed by atoms with Gasteiger partial charge in [0.25, 0.3) is 0 Å². The van der Waals surface area contributed by atoms with E-state index in [4.69, 9.17) is 11.5 Å². The van der Waals surface area contributed by atoms with Crippen molar-refractivity contribution in [3.8, 4) is 12.3 Å². The number of terminal acetylenes is 1. The number of carbonyl (C=O) groups excluding carboxylic acids is 1. The highest BCUT2D eigenvalue weighted by Gasteiger charge is 2.09. The molecule has 0 aromatic heterocycles. The average molecular weight is 274 g/mol. The summed E-state index contributed by atoms with van der Waals surface area (Å²) >= 11 is 0. The number of hydrogen-bond donors (Lipinski definition) is 3. The summed E-state index contributed by atoms with van der Waals surface area (Å²) in [5, 5.41) is 14.0. The Kier molecular flexibility index (Phi) is 6.11. The van der Waals surface area contributed by atoms with Crippen molar-refractivity contribution in [2.45, 2.75) is 32.2 Å². The first-order chi connectivity index (χ1) is 9.55. The van der Waals surface area contributed by atoms with Gasteiger partial charge in [0.2, 0.25) is 0 Å². The zero-order chi connectivity index (χ0) is 15.0. The number of amides is 2. The molecule has 5 heteroatoms. The van der Waals surface area contributed by atoms with Crippen LogP contribution in [0.5, 0.6) is 0 Å². The first-order valence-electron chi connectivity index (χ1n) is 6.39. The molecule has 0 spiro atoms. The topological polar surface area (TPSA) is 78.4 Å². The molecule has 5 nitrogen and oxygen atoms in total. The fraction of sp³-hybridized carbons (Fsp3) is 0.333. The highest BCUT2D eigenvalue weighted by atomic mass is 16.4. The number of hydrogen-bond acceptors (Lipinski definition) is 2. The lowest BCUT2D eigenvalue weighted by atomic mass is 10.1. The maximum absolute atomic E-state index is 11.8. The van der Waals surface area contributed by atoms with Gasteiger partial charge in [-0.15, -0.1) is 6.42 Å². The van der Waals surface area contributed by atoms with E-state index in [9.17, 15) is 9.59 Å². The van der Waals surface area contributed by atoms with Gasteiger partial charge in [0.1, 0.15) is 0 Å². The zero-order valence-corrected chi connectivity index (χ0v) is 11.3. The molecular formula is C15H18N2O3. The number of benzene rings is 1. The first-order valence-corrected chi connectivity index (χ1v) is 6.39. The van der Waals surface area contributed by atoms with Crippen molar-refractivity contribution in [1.29, 1.82) is 0 Å². The van der Waals surface area contributed by atoms with Crippen LogP contribution in [0, 0.1) is 12.3 Å². The number of carbonyl (C=O) groups is 2. The van der Waals surface area contributed by atoms with E-state index in [1.54, 1.807) is 24.3 Å². The summed E-state index contributed by atoms with van der Waals surface area (Å²) in [5.74, 6) is 1.59. The van der Waals surface area contributed by atoms with Gasteiger partial charge in [-0.25, -0.2) is 4.79 Å². The van der Waals surface area contributed by atoms with Crippen LogP contribution in [-0.2, 0) is 11.2 Å². The van der Waals surface area contributed by atoms with E-state index in [1.165, 1.54) is 0 Å². The van der Waals surface area contributed by atoms with E-state index in [1.807, 2.05) is 6.92 Å². The van der Waals surface area contributed by atoms with Crippen LogP contribution < -0.4 is 10.6 Å². The fourth-order valence-electron chi connectivity index (χ4n) is 1.74. The number of carboxylic acids is 1. The van der Waals surface area contributed by atoms with Crippen molar-refractivity contribution in [2.75, 3.05) is 5.32 Å². The monoisotopic (exact) mass is 274 g/mol. The summed E-state index contributed by atoms with van der Waals surface area (Å²) in [7, 11) is 0. The van der Waals surface area contributed by atoms with E-state index < -0.39 is 12.0 Å². The minimum atomic E-state index is -0.915. The van der Waals surface area contributed by atoms with Gasteiger partial charge in [-0.2, -0.15) is 0 Å². The molecule has 1 aromatic carbocycles. The fourth-order valence-corrected chi connectivity index (χ4v) is 1.74. The summed E-state index contributed by atoms with van der Waals surface area (Å²) in [5.41, 5.74) is 1.16. The highest BCUT2D eigenvalue weighted by Crippen LogP contribution is 2.11. The Hall–Kier alpha value is -2.48. The SMILES string of the molecule is C#CC(CCC)NC(=O)Nc1cccc(CC(=O)O)c1. The van der Waals surface area contributed by atoms with Gasteiger partial charge >= 0.3 is 12.0 Å². The largest absolute Gasteiger partial charge is 0.481 e. The number of rotatable bonds is 6. The highest BCUT2D eigenvalue weighted by molar-refractivity contribution is 5.89. The molecule has 2 amide bonds. The predicted molar refractivity (Wildman–Crippen MR) is 77.5 cm³/mol. The van der Waals surface area contributed by atoms with Crippen molar-refractivity contribution in [2.24, 2.45) is 0 Å². The quantitative estimate of drug-likeness (QED) is 0.696. The van der Waals surface area contributed by atoms with E-state index in [0.29, 0.717) is 17.7 Å². The summed E-state index contributed by atoms with van der Waals surface area (Å²) < 4.78 is 0. The Balaban J connectivity index is 2.62. The van der Waals surface area contributed by atoms with E-state index in [-0.39, 0.29) is 12.5 Å². The first kappa shape index (κ1) is 15.6. The molecule has 0 fully saturated rings. The van der Waals surface area contributed by atoms with Crippen LogP contribution in [-0.4, -0.2) is 23.1 Å². The number of urea groups is 1. The molecule has 0 aliphatic carbocycles. The van der Waals surface area contributed by atoms with Crippen LogP contribution in [0.2, 0.25) is 0 Å². The molecule has 106 valence electrons. The van der Waals surface area contributed by atoms with E-state index in [2.05, 4.69) is 16.6 Å². The Morgan fingerprint density at radius 3 is 2.80 bits per heavy atom. The number of anilines is 1. The van der Waals surface area contributed by atoms with Gasteiger partial charge in [0, 0.05) is 5.69 Å². The molecule has 0 aliphatic rings. The number of carboxylic acid groups (broad SMARTS) is 1. The van der Waals surface area contributed by atoms with Crippen LogP contribution in [0.15, 0.2) is 24.3 Å². The third kappa shape index (κ3) is 5.44. The van der Waals surface area contributed by atoms with Gasteiger partial charge in [0.05, 0.1) is 12.5 Å². The standard InChI is InChI=1S/C15H18N2O3/c1-3-6-12(4-2)16-15(20)17-13-8-5-7-11(9-13)10-14(18)19/h2,5,7-9,12H,3,6,10H2,1H3,(H,18,19)(H2,16,17,20). The zero-order valence-electron chi connectivity index (χ0n) is 11.3. The molecule has 0 bridgehead atoms. The maximum atomic E-state index is 11.8. The molecule has 0 saturated heterocycles. The summed E-state index contributed by atoms with van der Waals surface area (Å²) in [4.78, 5) is 22.4. The van der Waals surface area contributed by atoms with Crippen LogP contribution in [0.3, 0.4) is 0 Å². The second kappa shape index (κ2) is 7.85. The van der Waals surface area contributed by atoms with Crippen LogP contribution >= 0.6 is 0 Å². The van der Waals surface area contributed by atoms with Crippen molar-refractivity contribution in [1.82, 2.24) is 5.32 Å².